The predicted molar refractivity (Wildman–Crippen MR) is 138 cm³/mol. The van der Waals surface area contributed by atoms with Gasteiger partial charge in [0.25, 0.3) is 5.91 Å². The fourth-order valence-electron chi connectivity index (χ4n) is 4.53. The SMILES string of the molecule is O=C(NC(CCc1nn[nH]n1)c1cc2cc(Cl)ccc2[nH]1)c1ccc(N2CCCCCC2=O)c(Cl)c1. The van der Waals surface area contributed by atoms with E-state index < -0.39 is 0 Å². The van der Waals surface area contributed by atoms with Gasteiger partial charge in [-0.15, -0.1) is 10.2 Å². The van der Waals surface area contributed by atoms with E-state index in [1.54, 1.807) is 23.1 Å². The summed E-state index contributed by atoms with van der Waals surface area (Å²) in [6.45, 7) is 0.632. The molecule has 0 radical (unpaired) electrons. The Morgan fingerprint density at radius 1 is 1.11 bits per heavy atom. The van der Waals surface area contributed by atoms with Crippen molar-refractivity contribution in [1.82, 2.24) is 30.9 Å². The van der Waals surface area contributed by atoms with Crippen LogP contribution in [-0.4, -0.2) is 44.0 Å². The second-order valence-electron chi connectivity index (χ2n) is 8.87. The number of aromatic amines is 2. The van der Waals surface area contributed by atoms with Gasteiger partial charge in [0.15, 0.2) is 5.82 Å². The number of carbonyl (C=O) groups excluding carboxylic acids is 2. The summed E-state index contributed by atoms with van der Waals surface area (Å²) in [5.41, 5.74) is 2.81. The van der Waals surface area contributed by atoms with E-state index in [2.05, 4.69) is 30.9 Å². The maximum absolute atomic E-state index is 13.3. The Morgan fingerprint density at radius 2 is 2.00 bits per heavy atom. The first-order chi connectivity index (χ1) is 17.5. The Kier molecular flexibility index (Phi) is 7.20. The molecule has 1 aliphatic rings. The second kappa shape index (κ2) is 10.7. The van der Waals surface area contributed by atoms with Crippen LogP contribution in [0, 0.1) is 0 Å². The van der Waals surface area contributed by atoms with Crippen LogP contribution >= 0.6 is 23.2 Å². The van der Waals surface area contributed by atoms with Crippen LogP contribution in [-0.2, 0) is 11.2 Å². The van der Waals surface area contributed by atoms with Crippen LogP contribution in [0.15, 0.2) is 42.5 Å². The van der Waals surface area contributed by atoms with Crippen molar-refractivity contribution in [3.05, 3.63) is 69.6 Å². The Balaban J connectivity index is 1.38. The lowest BCUT2D eigenvalue weighted by Gasteiger charge is -2.22. The molecule has 1 aliphatic heterocycles. The summed E-state index contributed by atoms with van der Waals surface area (Å²) in [5, 5.41) is 19.2. The van der Waals surface area contributed by atoms with Crippen molar-refractivity contribution in [2.45, 2.75) is 44.6 Å². The van der Waals surface area contributed by atoms with Gasteiger partial charge in [0, 0.05) is 46.6 Å². The van der Waals surface area contributed by atoms with Gasteiger partial charge in [0.2, 0.25) is 5.91 Å². The third-order valence-electron chi connectivity index (χ3n) is 6.40. The maximum atomic E-state index is 13.3. The molecule has 0 bridgehead atoms. The van der Waals surface area contributed by atoms with Gasteiger partial charge in [0.05, 0.1) is 16.8 Å². The van der Waals surface area contributed by atoms with Crippen molar-refractivity contribution in [2.75, 3.05) is 11.4 Å². The smallest absolute Gasteiger partial charge is 0.251 e. The number of halogens is 2. The molecule has 1 fully saturated rings. The number of tetrazole rings is 1. The average molecular weight is 526 g/mol. The average Bonchev–Trinajstić information content (AvgIpc) is 3.48. The molecule has 4 aromatic rings. The zero-order valence-corrected chi connectivity index (χ0v) is 20.9. The molecule has 3 heterocycles. The summed E-state index contributed by atoms with van der Waals surface area (Å²) in [4.78, 5) is 30.9. The Labute approximate surface area is 217 Å². The van der Waals surface area contributed by atoms with Crippen molar-refractivity contribution >= 4 is 51.6 Å². The molecule has 0 aliphatic carbocycles. The first-order valence-corrected chi connectivity index (χ1v) is 12.6. The van der Waals surface area contributed by atoms with E-state index in [0.717, 1.165) is 35.9 Å². The molecule has 11 heteroatoms. The highest BCUT2D eigenvalue weighted by Gasteiger charge is 2.23. The molecule has 0 saturated carbocycles. The third-order valence-corrected chi connectivity index (χ3v) is 6.94. The summed E-state index contributed by atoms with van der Waals surface area (Å²) in [6, 6.07) is 12.3. The molecule has 2 aromatic heterocycles. The van der Waals surface area contributed by atoms with Gasteiger partial charge in [-0.2, -0.15) is 5.21 Å². The predicted octanol–water partition coefficient (Wildman–Crippen LogP) is 5.00. The minimum absolute atomic E-state index is 0.0621. The number of fused-ring (bicyclic) bond motifs is 1. The van der Waals surface area contributed by atoms with Crippen molar-refractivity contribution < 1.29 is 9.59 Å². The number of benzene rings is 2. The van der Waals surface area contributed by atoms with Crippen molar-refractivity contribution in [2.24, 2.45) is 0 Å². The molecule has 0 spiro atoms. The minimum Gasteiger partial charge on any atom is -0.357 e. The highest BCUT2D eigenvalue weighted by atomic mass is 35.5. The number of amides is 2. The summed E-state index contributed by atoms with van der Waals surface area (Å²) in [5.74, 6) is 0.343. The molecule has 3 N–H and O–H groups in total. The van der Waals surface area contributed by atoms with Crippen LogP contribution in [0.5, 0.6) is 0 Å². The van der Waals surface area contributed by atoms with E-state index in [0.29, 0.717) is 52.9 Å². The maximum Gasteiger partial charge on any atom is 0.251 e. The van der Waals surface area contributed by atoms with Crippen molar-refractivity contribution in [3.8, 4) is 0 Å². The van der Waals surface area contributed by atoms with E-state index in [4.69, 9.17) is 23.2 Å². The normalized spacial score (nSPS) is 15.2. The zero-order valence-electron chi connectivity index (χ0n) is 19.4. The number of anilines is 1. The van der Waals surface area contributed by atoms with Crippen molar-refractivity contribution in [3.63, 3.8) is 0 Å². The zero-order chi connectivity index (χ0) is 25.1. The molecular weight excluding hydrogens is 501 g/mol. The van der Waals surface area contributed by atoms with Gasteiger partial charge in [-0.25, -0.2) is 0 Å². The highest BCUT2D eigenvalue weighted by molar-refractivity contribution is 6.34. The number of nitrogens with zero attached hydrogens (tertiary/aromatic N) is 4. The Bertz CT molecular complexity index is 1390. The monoisotopic (exact) mass is 525 g/mol. The molecule has 36 heavy (non-hydrogen) atoms. The molecule has 9 nitrogen and oxygen atoms in total. The number of H-pyrrole nitrogens is 2. The number of aryl methyl sites for hydroxylation is 1. The lowest BCUT2D eigenvalue weighted by molar-refractivity contribution is -0.118. The van der Waals surface area contributed by atoms with Crippen LogP contribution in [0.4, 0.5) is 5.69 Å². The highest BCUT2D eigenvalue weighted by Crippen LogP contribution is 2.30. The van der Waals surface area contributed by atoms with E-state index in [1.807, 2.05) is 24.3 Å². The molecule has 2 amide bonds. The summed E-state index contributed by atoms with van der Waals surface area (Å²) in [6.07, 6.45) is 4.40. The van der Waals surface area contributed by atoms with Crippen LogP contribution in [0.25, 0.3) is 10.9 Å². The third kappa shape index (κ3) is 5.37. The summed E-state index contributed by atoms with van der Waals surface area (Å²) < 4.78 is 0. The number of hydrogen-bond donors (Lipinski definition) is 3. The number of carbonyl (C=O) groups is 2. The second-order valence-corrected chi connectivity index (χ2v) is 9.71. The lowest BCUT2D eigenvalue weighted by Crippen LogP contribution is -2.31. The number of rotatable bonds is 7. The lowest BCUT2D eigenvalue weighted by atomic mass is 10.1. The van der Waals surface area contributed by atoms with Crippen LogP contribution < -0.4 is 10.2 Å². The molecule has 2 aromatic carbocycles. The molecular formula is C25H25Cl2N7O2. The van der Waals surface area contributed by atoms with E-state index in [1.165, 1.54) is 0 Å². The Hall–Kier alpha value is -3.43. The molecule has 1 unspecified atom stereocenters. The van der Waals surface area contributed by atoms with Gasteiger partial charge in [-0.05, 0) is 61.7 Å². The largest absolute Gasteiger partial charge is 0.357 e. The fraction of sp³-hybridized carbons (Fsp3) is 0.320. The minimum atomic E-state index is -0.354. The first kappa shape index (κ1) is 24.3. The number of aromatic nitrogens is 5. The standard InChI is InChI=1S/C25H25Cl2N7O2/c26-17-6-7-19-16(12-17)14-21(28-19)20(8-10-23-30-32-33-31-23)29-25(36)15-5-9-22(18(27)13-15)34-11-3-1-2-4-24(34)35/h5-7,9,12-14,20,28H,1-4,8,10-11H2,(H,29,36)(H,30,31,32,33). The van der Waals surface area contributed by atoms with Gasteiger partial charge in [0.1, 0.15) is 0 Å². The van der Waals surface area contributed by atoms with E-state index >= 15 is 0 Å². The fourth-order valence-corrected chi connectivity index (χ4v) is 4.99. The van der Waals surface area contributed by atoms with Crippen LogP contribution in [0.1, 0.15) is 60.0 Å². The van der Waals surface area contributed by atoms with Crippen LogP contribution in [0.2, 0.25) is 10.0 Å². The first-order valence-electron chi connectivity index (χ1n) is 11.9. The van der Waals surface area contributed by atoms with E-state index in [-0.39, 0.29) is 17.9 Å². The number of nitrogens with one attached hydrogen (secondary N) is 3. The molecule has 1 saturated heterocycles. The van der Waals surface area contributed by atoms with Crippen molar-refractivity contribution in [1.29, 1.82) is 0 Å². The van der Waals surface area contributed by atoms with E-state index in [9.17, 15) is 9.59 Å². The van der Waals surface area contributed by atoms with Crippen LogP contribution in [0.3, 0.4) is 0 Å². The Morgan fingerprint density at radius 3 is 2.81 bits per heavy atom. The van der Waals surface area contributed by atoms with Gasteiger partial charge in [-0.1, -0.05) is 34.8 Å². The van der Waals surface area contributed by atoms with Gasteiger partial charge >= 0.3 is 0 Å². The summed E-state index contributed by atoms with van der Waals surface area (Å²) in [7, 11) is 0. The quantitative estimate of drug-likeness (QED) is 0.313. The molecule has 5 rings (SSSR count). The topological polar surface area (TPSA) is 120 Å². The van der Waals surface area contributed by atoms with Gasteiger partial charge < -0.3 is 15.2 Å². The molecule has 1 atom stereocenters. The number of hydrogen-bond acceptors (Lipinski definition) is 5. The van der Waals surface area contributed by atoms with Gasteiger partial charge in [-0.3, -0.25) is 9.59 Å². The molecule has 186 valence electrons. The summed E-state index contributed by atoms with van der Waals surface area (Å²) >= 11 is 12.7.